The van der Waals surface area contributed by atoms with E-state index in [0.29, 0.717) is 28.5 Å². The molecular formula is C21H28N8OS. The van der Waals surface area contributed by atoms with Gasteiger partial charge in [-0.3, -0.25) is 9.69 Å². The average Bonchev–Trinajstić information content (AvgIpc) is 3.48. The van der Waals surface area contributed by atoms with E-state index >= 15 is 0 Å². The molecule has 0 spiro atoms. The van der Waals surface area contributed by atoms with Crippen molar-refractivity contribution in [1.82, 2.24) is 34.5 Å². The number of hydrogen-bond acceptors (Lipinski definition) is 8. The van der Waals surface area contributed by atoms with Crippen molar-refractivity contribution < 1.29 is 4.79 Å². The summed E-state index contributed by atoms with van der Waals surface area (Å²) in [5, 5.41) is 10.1. The number of carbonyl (C=O) groups is 1. The number of nitrogens with zero attached hydrogens (tertiary/aromatic N) is 7. The predicted molar refractivity (Wildman–Crippen MR) is 121 cm³/mol. The zero-order valence-electron chi connectivity index (χ0n) is 18.5. The monoisotopic (exact) mass is 440 g/mol. The molecule has 3 aromatic rings. The van der Waals surface area contributed by atoms with Crippen LogP contribution >= 0.6 is 11.3 Å². The van der Waals surface area contributed by atoms with Gasteiger partial charge in [0.2, 0.25) is 5.91 Å². The fourth-order valence-corrected chi connectivity index (χ4v) is 4.40. The molecule has 1 N–H and O–H groups in total. The lowest BCUT2D eigenvalue weighted by atomic mass is 10.2. The summed E-state index contributed by atoms with van der Waals surface area (Å²) in [5.74, 6) is 1.44. The molecule has 1 amide bonds. The van der Waals surface area contributed by atoms with E-state index < -0.39 is 0 Å². The molecule has 10 heteroatoms. The van der Waals surface area contributed by atoms with Gasteiger partial charge in [-0.25, -0.2) is 19.6 Å². The molecule has 2 atom stereocenters. The zero-order valence-corrected chi connectivity index (χ0v) is 19.3. The first kappa shape index (κ1) is 21.5. The van der Waals surface area contributed by atoms with Crippen molar-refractivity contribution in [3.63, 3.8) is 0 Å². The molecule has 9 nitrogen and oxygen atoms in total. The molecule has 0 saturated carbocycles. The highest BCUT2D eigenvalue weighted by Crippen LogP contribution is 2.23. The summed E-state index contributed by atoms with van der Waals surface area (Å²) in [7, 11) is 4.17. The molecule has 4 rings (SSSR count). The van der Waals surface area contributed by atoms with E-state index in [1.54, 1.807) is 16.9 Å². The summed E-state index contributed by atoms with van der Waals surface area (Å²) < 4.78 is 1.76. The minimum Gasteiger partial charge on any atom is -0.309 e. The number of hydrogen-bond donors (Lipinski definition) is 1. The van der Waals surface area contributed by atoms with Crippen molar-refractivity contribution >= 4 is 23.1 Å². The van der Waals surface area contributed by atoms with Crippen molar-refractivity contribution in [3.8, 4) is 16.6 Å². The second-order valence-electron chi connectivity index (χ2n) is 8.18. The average molecular weight is 441 g/mol. The number of carbonyl (C=O) groups excluding carboxylic acids is 1. The van der Waals surface area contributed by atoms with Crippen molar-refractivity contribution in [2.24, 2.45) is 0 Å². The van der Waals surface area contributed by atoms with Crippen molar-refractivity contribution in [2.45, 2.75) is 39.3 Å². The standard InChI is InChI=1S/C21H28N8OS/c1-13-10-14(2)29(26-13)18-11-17(23-19(25-18)21-22-7-9-31-21)24-20(30)15(3)28-8-6-16(12-28)27(4)5/h7,9-11,15-16H,6,8,12H2,1-5H3,(H,23,24,25,30). The summed E-state index contributed by atoms with van der Waals surface area (Å²) in [6, 6.07) is 3.97. The van der Waals surface area contributed by atoms with Gasteiger partial charge >= 0.3 is 0 Å². The van der Waals surface area contributed by atoms with Gasteiger partial charge in [0.15, 0.2) is 16.6 Å². The topological polar surface area (TPSA) is 92.1 Å². The van der Waals surface area contributed by atoms with Crippen LogP contribution in [0.5, 0.6) is 0 Å². The van der Waals surface area contributed by atoms with Gasteiger partial charge in [0.25, 0.3) is 0 Å². The lowest BCUT2D eigenvalue weighted by molar-refractivity contribution is -0.120. The Morgan fingerprint density at radius 2 is 2.10 bits per heavy atom. The third-order valence-electron chi connectivity index (χ3n) is 5.67. The molecule has 31 heavy (non-hydrogen) atoms. The molecule has 1 saturated heterocycles. The summed E-state index contributed by atoms with van der Waals surface area (Å²) in [4.78, 5) is 31.0. The Bertz CT molecular complexity index is 1060. The van der Waals surface area contributed by atoms with Crippen LogP contribution in [0, 0.1) is 13.8 Å². The summed E-state index contributed by atoms with van der Waals surface area (Å²) in [6.07, 6.45) is 2.78. The number of likely N-dealkylation sites (tertiary alicyclic amines) is 1. The van der Waals surface area contributed by atoms with E-state index in [1.807, 2.05) is 32.2 Å². The maximum absolute atomic E-state index is 13.0. The maximum atomic E-state index is 13.0. The van der Waals surface area contributed by atoms with E-state index in [9.17, 15) is 4.79 Å². The van der Waals surface area contributed by atoms with Crippen LogP contribution in [-0.2, 0) is 4.79 Å². The molecule has 164 valence electrons. The SMILES string of the molecule is Cc1cc(C)n(-c2cc(NC(=O)C(C)N3CCC(N(C)C)C3)nc(-c3nccs3)n2)n1. The molecule has 0 bridgehead atoms. The van der Waals surface area contributed by atoms with Crippen molar-refractivity contribution in [3.05, 3.63) is 35.1 Å². The second-order valence-corrected chi connectivity index (χ2v) is 9.07. The van der Waals surface area contributed by atoms with E-state index in [0.717, 1.165) is 30.9 Å². The van der Waals surface area contributed by atoms with Gasteiger partial charge in [-0.1, -0.05) is 0 Å². The first-order chi connectivity index (χ1) is 14.8. The Morgan fingerprint density at radius 3 is 2.71 bits per heavy atom. The van der Waals surface area contributed by atoms with Gasteiger partial charge in [0.05, 0.1) is 11.7 Å². The number of rotatable bonds is 6. The number of likely N-dealkylation sites (N-methyl/N-ethyl adjacent to an activating group) is 1. The van der Waals surface area contributed by atoms with Crippen LogP contribution in [0.25, 0.3) is 16.6 Å². The van der Waals surface area contributed by atoms with E-state index in [1.165, 1.54) is 11.3 Å². The smallest absolute Gasteiger partial charge is 0.242 e. The van der Waals surface area contributed by atoms with E-state index in [4.69, 9.17) is 0 Å². The molecule has 0 aromatic carbocycles. The molecule has 1 aliphatic rings. The van der Waals surface area contributed by atoms with Gasteiger partial charge in [0, 0.05) is 42.5 Å². The number of aromatic nitrogens is 5. The normalized spacial score (nSPS) is 17.9. The maximum Gasteiger partial charge on any atom is 0.242 e. The first-order valence-electron chi connectivity index (χ1n) is 10.4. The molecular weight excluding hydrogens is 412 g/mol. The highest BCUT2D eigenvalue weighted by Gasteiger charge is 2.30. The minimum absolute atomic E-state index is 0.0810. The van der Waals surface area contributed by atoms with Crippen molar-refractivity contribution in [2.75, 3.05) is 32.5 Å². The highest BCUT2D eigenvalue weighted by atomic mass is 32.1. The molecule has 0 radical (unpaired) electrons. The fraction of sp³-hybridized carbons (Fsp3) is 0.476. The first-order valence-corrected chi connectivity index (χ1v) is 11.2. The van der Waals surface area contributed by atoms with Crippen LogP contribution in [0.1, 0.15) is 24.7 Å². The Labute approximate surface area is 186 Å². The van der Waals surface area contributed by atoms with E-state index in [2.05, 4.69) is 49.3 Å². The van der Waals surface area contributed by atoms with Gasteiger partial charge < -0.3 is 10.2 Å². The molecule has 2 unspecified atom stereocenters. The molecule has 4 heterocycles. The third kappa shape index (κ3) is 4.65. The predicted octanol–water partition coefficient (Wildman–Crippen LogP) is 2.37. The van der Waals surface area contributed by atoms with Crippen LogP contribution in [0.3, 0.4) is 0 Å². The van der Waals surface area contributed by atoms with Crippen molar-refractivity contribution in [1.29, 1.82) is 0 Å². The lowest BCUT2D eigenvalue weighted by Crippen LogP contribution is -2.42. The minimum atomic E-state index is -0.250. The Balaban J connectivity index is 1.60. The summed E-state index contributed by atoms with van der Waals surface area (Å²) in [5.41, 5.74) is 1.86. The quantitative estimate of drug-likeness (QED) is 0.629. The Hall–Kier alpha value is -2.69. The van der Waals surface area contributed by atoms with Crippen LogP contribution in [0.4, 0.5) is 5.82 Å². The zero-order chi connectivity index (χ0) is 22.1. The Kier molecular flexibility index (Phi) is 6.12. The fourth-order valence-electron chi connectivity index (χ4n) is 3.84. The summed E-state index contributed by atoms with van der Waals surface area (Å²) >= 11 is 1.46. The van der Waals surface area contributed by atoms with Crippen LogP contribution in [0.15, 0.2) is 23.7 Å². The summed E-state index contributed by atoms with van der Waals surface area (Å²) in [6.45, 7) is 7.64. The third-order valence-corrected chi connectivity index (χ3v) is 6.44. The van der Waals surface area contributed by atoms with Crippen LogP contribution in [0.2, 0.25) is 0 Å². The molecule has 1 fully saturated rings. The molecule has 0 aliphatic carbocycles. The molecule has 1 aliphatic heterocycles. The Morgan fingerprint density at radius 1 is 1.29 bits per heavy atom. The lowest BCUT2D eigenvalue weighted by Gasteiger charge is -2.25. The van der Waals surface area contributed by atoms with Crippen LogP contribution in [-0.4, -0.2) is 79.7 Å². The van der Waals surface area contributed by atoms with Gasteiger partial charge in [-0.15, -0.1) is 11.3 Å². The largest absolute Gasteiger partial charge is 0.309 e. The van der Waals surface area contributed by atoms with Gasteiger partial charge in [0.1, 0.15) is 5.82 Å². The number of nitrogens with one attached hydrogen (secondary N) is 1. The number of aryl methyl sites for hydroxylation is 2. The number of amides is 1. The number of anilines is 1. The van der Waals surface area contributed by atoms with E-state index in [-0.39, 0.29) is 11.9 Å². The van der Waals surface area contributed by atoms with Gasteiger partial charge in [-0.2, -0.15) is 5.10 Å². The number of thiazole rings is 1. The highest BCUT2D eigenvalue weighted by molar-refractivity contribution is 7.13. The molecule has 3 aromatic heterocycles. The van der Waals surface area contributed by atoms with Crippen LogP contribution < -0.4 is 5.32 Å². The van der Waals surface area contributed by atoms with Gasteiger partial charge in [-0.05, 0) is 47.4 Å². The second kappa shape index (κ2) is 8.81.